The van der Waals surface area contributed by atoms with Crippen LogP contribution in [0.5, 0.6) is 0 Å². The molecule has 0 radical (unpaired) electrons. The second-order valence-electron chi connectivity index (χ2n) is 5.86. The van der Waals surface area contributed by atoms with Crippen LogP contribution in [-0.4, -0.2) is 46.8 Å². The number of likely N-dealkylation sites (tertiary alicyclic amines) is 1. The van der Waals surface area contributed by atoms with Gasteiger partial charge in [0.15, 0.2) is 28.9 Å². The second-order valence-corrected chi connectivity index (χ2v) is 5.86. The largest absolute Gasteiger partial charge is 0.418 e. The zero-order chi connectivity index (χ0) is 20.0. The highest BCUT2D eigenvalue weighted by atomic mass is 19.4. The molecule has 0 aromatic heterocycles. The van der Waals surface area contributed by atoms with Gasteiger partial charge in [0, 0.05) is 13.1 Å². The molecule has 1 saturated heterocycles. The predicted octanol–water partition coefficient (Wildman–Crippen LogP) is 2.71. The molecule has 26 heavy (non-hydrogen) atoms. The van der Waals surface area contributed by atoms with Gasteiger partial charge in [-0.2, -0.15) is 13.2 Å². The van der Waals surface area contributed by atoms with E-state index in [2.05, 4.69) is 0 Å². The molecule has 1 aliphatic rings. The predicted molar refractivity (Wildman–Crippen MR) is 71.5 cm³/mol. The minimum atomic E-state index is -4.96. The van der Waals surface area contributed by atoms with Gasteiger partial charge in [0.25, 0.3) is 0 Å². The number of hydrogen-bond donors (Lipinski definition) is 2. The number of β-amino-alcohol motifs (C(OH)–C–C–N with tert-alkyl or cyclic N) is 1. The minimum Gasteiger partial charge on any atom is -0.379 e. The van der Waals surface area contributed by atoms with E-state index in [0.29, 0.717) is 0 Å². The topological polar surface area (TPSA) is 52.6 Å². The fourth-order valence-electron chi connectivity index (χ4n) is 2.49. The molecule has 12 heteroatoms. The Morgan fingerprint density at radius 2 is 1.54 bits per heavy atom. The van der Waals surface area contributed by atoms with E-state index in [-0.39, 0.29) is 6.54 Å². The Morgan fingerprint density at radius 1 is 1.08 bits per heavy atom. The quantitative estimate of drug-likeness (QED) is 0.473. The number of carbonyl (C=O) groups excluding carboxylic acids is 1. The van der Waals surface area contributed by atoms with Crippen LogP contribution in [0.15, 0.2) is 0 Å². The smallest absolute Gasteiger partial charge is 0.379 e. The van der Waals surface area contributed by atoms with Crippen molar-refractivity contribution in [2.75, 3.05) is 18.4 Å². The van der Waals surface area contributed by atoms with Gasteiger partial charge in [-0.15, -0.1) is 0 Å². The van der Waals surface area contributed by atoms with Crippen molar-refractivity contribution in [2.45, 2.75) is 31.2 Å². The Hall–Kier alpha value is -1.95. The van der Waals surface area contributed by atoms with Crippen LogP contribution in [-0.2, 0) is 4.79 Å². The second kappa shape index (κ2) is 6.65. The van der Waals surface area contributed by atoms with Gasteiger partial charge in [-0.25, -0.2) is 22.0 Å². The molecule has 0 saturated carbocycles. The summed E-state index contributed by atoms with van der Waals surface area (Å²) < 4.78 is 105. The fraction of sp³-hybridized carbons (Fsp3) is 0.500. The third kappa shape index (κ3) is 3.34. The Kier molecular flexibility index (Phi) is 5.21. The zero-order valence-corrected chi connectivity index (χ0v) is 13.0. The Bertz CT molecular complexity index is 710. The van der Waals surface area contributed by atoms with Crippen LogP contribution in [0.4, 0.5) is 40.8 Å². The first kappa shape index (κ1) is 20.4. The summed E-state index contributed by atoms with van der Waals surface area (Å²) in [6.45, 7) is -0.298. The molecule has 1 fully saturated rings. The summed E-state index contributed by atoms with van der Waals surface area (Å²) in [5.74, 6) is -12.8. The van der Waals surface area contributed by atoms with E-state index in [0.717, 1.165) is 11.8 Å². The van der Waals surface area contributed by atoms with E-state index in [1.807, 2.05) is 0 Å². The first-order chi connectivity index (χ1) is 11.8. The highest BCUT2D eigenvalue weighted by Crippen LogP contribution is 2.38. The maximum absolute atomic E-state index is 13.5. The lowest BCUT2D eigenvalue weighted by Crippen LogP contribution is -2.49. The van der Waals surface area contributed by atoms with Crippen LogP contribution in [0, 0.1) is 29.1 Å². The van der Waals surface area contributed by atoms with Crippen molar-refractivity contribution in [2.24, 2.45) is 0 Å². The highest BCUT2D eigenvalue weighted by Gasteiger charge is 2.57. The minimum absolute atomic E-state index is 0.373. The number of alkyl halides is 3. The van der Waals surface area contributed by atoms with Crippen LogP contribution < -0.4 is 5.32 Å². The number of benzene rings is 1. The summed E-state index contributed by atoms with van der Waals surface area (Å²) in [5, 5.41) is 11.0. The van der Waals surface area contributed by atoms with Gasteiger partial charge in [0.2, 0.25) is 11.7 Å². The molecule has 1 aliphatic heterocycles. The molecule has 146 valence electrons. The van der Waals surface area contributed by atoms with E-state index in [9.17, 15) is 45.0 Å². The summed E-state index contributed by atoms with van der Waals surface area (Å²) in [4.78, 5) is 12.9. The van der Waals surface area contributed by atoms with E-state index in [1.54, 1.807) is 0 Å². The number of hydrogen-bond acceptors (Lipinski definition) is 3. The van der Waals surface area contributed by atoms with Gasteiger partial charge in [-0.1, -0.05) is 0 Å². The first-order valence-corrected chi connectivity index (χ1v) is 7.15. The number of halogens is 8. The van der Waals surface area contributed by atoms with Gasteiger partial charge in [0.05, 0.1) is 6.04 Å². The normalized spacial score (nSPS) is 22.5. The highest BCUT2D eigenvalue weighted by molar-refractivity contribution is 5.94. The SMILES string of the molecule is CC(C(=O)Nc1c(F)c(F)c(F)c(F)c1F)N1CCC(O)(C(F)(F)F)C1. The summed E-state index contributed by atoms with van der Waals surface area (Å²) >= 11 is 0. The molecule has 1 aromatic carbocycles. The number of nitrogens with zero attached hydrogens (tertiary/aromatic N) is 1. The van der Waals surface area contributed by atoms with E-state index >= 15 is 0 Å². The van der Waals surface area contributed by atoms with Crippen molar-refractivity contribution in [3.63, 3.8) is 0 Å². The number of amides is 1. The summed E-state index contributed by atoms with van der Waals surface area (Å²) in [6.07, 6.45) is -5.70. The Morgan fingerprint density at radius 3 is 1.96 bits per heavy atom. The number of rotatable bonds is 3. The molecular weight excluding hydrogens is 380 g/mol. The van der Waals surface area contributed by atoms with Crippen LogP contribution in [0.25, 0.3) is 0 Å². The molecule has 2 atom stereocenters. The average molecular weight is 392 g/mol. The zero-order valence-electron chi connectivity index (χ0n) is 13.0. The summed E-state index contributed by atoms with van der Waals surface area (Å²) in [7, 11) is 0. The van der Waals surface area contributed by atoms with Crippen LogP contribution in [0.2, 0.25) is 0 Å². The van der Waals surface area contributed by atoms with Crippen molar-refractivity contribution in [1.29, 1.82) is 0 Å². The summed E-state index contributed by atoms with van der Waals surface area (Å²) in [5.41, 5.74) is -4.67. The number of nitrogens with one attached hydrogen (secondary N) is 1. The molecule has 4 nitrogen and oxygen atoms in total. The standard InChI is InChI=1S/C14H12F8N2O2/c1-5(24-3-2-13(26,4-24)14(20,21)22)12(25)23-11-9(18)7(16)6(15)8(17)10(11)19/h5,26H,2-4H2,1H3,(H,23,25). The molecule has 0 spiro atoms. The molecule has 1 aromatic rings. The first-order valence-electron chi connectivity index (χ1n) is 7.15. The van der Waals surface area contributed by atoms with Crippen LogP contribution in [0.1, 0.15) is 13.3 Å². The average Bonchev–Trinajstić information content (AvgIpc) is 2.97. The van der Waals surface area contributed by atoms with E-state index in [4.69, 9.17) is 0 Å². The van der Waals surface area contributed by atoms with Crippen LogP contribution in [0.3, 0.4) is 0 Å². The lowest BCUT2D eigenvalue weighted by Gasteiger charge is -2.28. The molecular formula is C14H12F8N2O2. The molecule has 2 N–H and O–H groups in total. The number of aliphatic hydroxyl groups is 1. The van der Waals surface area contributed by atoms with Gasteiger partial charge < -0.3 is 10.4 Å². The van der Waals surface area contributed by atoms with Gasteiger partial charge >= 0.3 is 6.18 Å². The van der Waals surface area contributed by atoms with Crippen molar-refractivity contribution in [3.8, 4) is 0 Å². The van der Waals surface area contributed by atoms with Gasteiger partial charge in [0.1, 0.15) is 5.69 Å². The number of anilines is 1. The van der Waals surface area contributed by atoms with Crippen molar-refractivity contribution >= 4 is 11.6 Å². The number of carbonyl (C=O) groups is 1. The van der Waals surface area contributed by atoms with Gasteiger partial charge in [-0.3, -0.25) is 9.69 Å². The van der Waals surface area contributed by atoms with E-state index < -0.39 is 71.5 Å². The third-order valence-corrected chi connectivity index (χ3v) is 4.19. The molecule has 1 heterocycles. The maximum Gasteiger partial charge on any atom is 0.418 e. The monoisotopic (exact) mass is 392 g/mol. The Labute approximate surface area is 141 Å². The lowest BCUT2D eigenvalue weighted by molar-refractivity contribution is -0.254. The molecule has 0 bridgehead atoms. The van der Waals surface area contributed by atoms with Crippen molar-refractivity contribution < 1.29 is 45.0 Å². The molecule has 2 unspecified atom stereocenters. The molecule has 2 rings (SSSR count). The van der Waals surface area contributed by atoms with Crippen molar-refractivity contribution in [1.82, 2.24) is 4.90 Å². The van der Waals surface area contributed by atoms with Gasteiger partial charge in [-0.05, 0) is 13.3 Å². The molecule has 0 aliphatic carbocycles. The Balaban J connectivity index is 2.19. The third-order valence-electron chi connectivity index (χ3n) is 4.19. The van der Waals surface area contributed by atoms with Crippen molar-refractivity contribution in [3.05, 3.63) is 29.1 Å². The maximum atomic E-state index is 13.5. The lowest BCUT2D eigenvalue weighted by atomic mass is 10.0. The summed E-state index contributed by atoms with van der Waals surface area (Å²) in [6, 6.07) is -1.44. The molecule has 1 amide bonds. The van der Waals surface area contributed by atoms with Crippen LogP contribution >= 0.6 is 0 Å². The van der Waals surface area contributed by atoms with E-state index in [1.165, 1.54) is 5.32 Å². The fourth-order valence-corrected chi connectivity index (χ4v) is 2.49.